The van der Waals surface area contributed by atoms with Crippen LogP contribution in [0, 0.1) is 0 Å². The molecule has 102 valence electrons. The van der Waals surface area contributed by atoms with Crippen LogP contribution in [-0.4, -0.2) is 37.5 Å². The van der Waals surface area contributed by atoms with E-state index in [2.05, 4.69) is 4.74 Å². The lowest BCUT2D eigenvalue weighted by molar-refractivity contribution is -0.178. The van der Waals surface area contributed by atoms with E-state index >= 15 is 0 Å². The third-order valence-electron chi connectivity index (χ3n) is 2.02. The summed E-state index contributed by atoms with van der Waals surface area (Å²) in [6.07, 6.45) is -11.0. The van der Waals surface area contributed by atoms with Crippen molar-refractivity contribution in [1.82, 2.24) is 4.90 Å². The van der Waals surface area contributed by atoms with Gasteiger partial charge in [-0.15, -0.1) is 0 Å². The van der Waals surface area contributed by atoms with Crippen molar-refractivity contribution in [3.63, 3.8) is 0 Å². The number of allylic oxidation sites excluding steroid dienone is 1. The molecule has 0 bridgehead atoms. The maximum atomic E-state index is 12.4. The minimum absolute atomic E-state index is 0.0185. The van der Waals surface area contributed by atoms with E-state index < -0.39 is 23.8 Å². The van der Waals surface area contributed by atoms with Crippen molar-refractivity contribution in [3.8, 4) is 0 Å². The quantitative estimate of drug-likeness (QED) is 0.571. The van der Waals surface area contributed by atoms with Gasteiger partial charge in [0.1, 0.15) is 0 Å². The summed E-state index contributed by atoms with van der Waals surface area (Å²) in [5.41, 5.74) is -2.61. The number of methoxy groups -OCH3 is 1. The van der Waals surface area contributed by atoms with Crippen LogP contribution in [0.4, 0.5) is 26.3 Å². The van der Waals surface area contributed by atoms with Crippen molar-refractivity contribution in [2.24, 2.45) is 0 Å². The maximum Gasteiger partial charge on any atom is 0.426 e. The summed E-state index contributed by atoms with van der Waals surface area (Å²) < 4.78 is 78.7. The lowest BCUT2D eigenvalue weighted by atomic mass is 10.2. The van der Waals surface area contributed by atoms with Crippen molar-refractivity contribution in [2.75, 3.05) is 20.2 Å². The standard InChI is InChI=1S/C9H13F6NO/c1-4-16(5-2)7(17-3)6(8(10,11)12)9(13,14)15/h4-5H2,1-3H3. The molecular weight excluding hydrogens is 252 g/mol. The van der Waals surface area contributed by atoms with Crippen LogP contribution in [-0.2, 0) is 4.74 Å². The number of hydrogen-bond acceptors (Lipinski definition) is 2. The van der Waals surface area contributed by atoms with Crippen LogP contribution in [0.15, 0.2) is 11.5 Å². The van der Waals surface area contributed by atoms with Crippen LogP contribution in [0.1, 0.15) is 13.8 Å². The van der Waals surface area contributed by atoms with Gasteiger partial charge in [0.15, 0.2) is 5.57 Å². The lowest BCUT2D eigenvalue weighted by Crippen LogP contribution is -2.35. The normalized spacial score (nSPS) is 12.3. The van der Waals surface area contributed by atoms with E-state index in [4.69, 9.17) is 0 Å². The van der Waals surface area contributed by atoms with Crippen molar-refractivity contribution in [2.45, 2.75) is 26.2 Å². The average Bonchev–Trinajstić information content (AvgIpc) is 2.13. The van der Waals surface area contributed by atoms with Gasteiger partial charge in [0.25, 0.3) is 0 Å². The molecule has 0 amide bonds. The van der Waals surface area contributed by atoms with Gasteiger partial charge in [0, 0.05) is 13.1 Å². The Morgan fingerprint density at radius 1 is 0.941 bits per heavy atom. The van der Waals surface area contributed by atoms with Crippen LogP contribution in [0.25, 0.3) is 0 Å². The third kappa shape index (κ3) is 4.01. The molecule has 8 heteroatoms. The molecule has 0 aromatic rings. The second-order valence-corrected chi connectivity index (χ2v) is 3.05. The molecule has 0 aromatic heterocycles. The predicted molar refractivity (Wildman–Crippen MR) is 49.1 cm³/mol. The SMILES string of the molecule is CCN(CC)C(OC)=C(C(F)(F)F)C(F)(F)F. The highest BCUT2D eigenvalue weighted by molar-refractivity contribution is 5.19. The van der Waals surface area contributed by atoms with E-state index in [1.165, 1.54) is 13.8 Å². The average molecular weight is 265 g/mol. The second kappa shape index (κ2) is 5.50. The molecule has 0 unspecified atom stereocenters. The predicted octanol–water partition coefficient (Wildman–Crippen LogP) is 3.31. The number of halogens is 6. The first-order valence-electron chi connectivity index (χ1n) is 4.77. The Hall–Kier alpha value is -1.08. The first kappa shape index (κ1) is 15.9. The van der Waals surface area contributed by atoms with E-state index in [1.54, 1.807) is 0 Å². The van der Waals surface area contributed by atoms with E-state index in [0.717, 1.165) is 12.0 Å². The van der Waals surface area contributed by atoms with Gasteiger partial charge in [0.2, 0.25) is 5.88 Å². The van der Waals surface area contributed by atoms with Gasteiger partial charge in [0.05, 0.1) is 7.11 Å². The second-order valence-electron chi connectivity index (χ2n) is 3.05. The molecule has 0 heterocycles. The van der Waals surface area contributed by atoms with Crippen molar-refractivity contribution in [1.29, 1.82) is 0 Å². The van der Waals surface area contributed by atoms with Gasteiger partial charge < -0.3 is 9.64 Å². The summed E-state index contributed by atoms with van der Waals surface area (Å²) in [5.74, 6) is -1.20. The maximum absolute atomic E-state index is 12.4. The largest absolute Gasteiger partial charge is 0.482 e. The minimum atomic E-state index is -5.51. The Bertz CT molecular complexity index is 260. The summed E-state index contributed by atoms with van der Waals surface area (Å²) in [4.78, 5) is 0.857. The molecule has 0 saturated carbocycles. The topological polar surface area (TPSA) is 12.5 Å². The van der Waals surface area contributed by atoms with Crippen LogP contribution < -0.4 is 0 Å². The first-order chi connectivity index (χ1) is 7.59. The molecule has 0 spiro atoms. The van der Waals surface area contributed by atoms with Crippen molar-refractivity contribution in [3.05, 3.63) is 11.5 Å². The molecular formula is C9H13F6NO. The zero-order chi connectivity index (χ0) is 13.9. The molecule has 0 N–H and O–H groups in total. The highest BCUT2D eigenvalue weighted by Gasteiger charge is 2.55. The molecule has 0 saturated heterocycles. The Balaban J connectivity index is 5.79. The smallest absolute Gasteiger partial charge is 0.426 e. The fraction of sp³-hybridized carbons (Fsp3) is 0.778. The number of hydrogen-bond donors (Lipinski definition) is 0. The van der Waals surface area contributed by atoms with Crippen molar-refractivity contribution >= 4 is 0 Å². The highest BCUT2D eigenvalue weighted by Crippen LogP contribution is 2.41. The fourth-order valence-corrected chi connectivity index (χ4v) is 1.30. The Morgan fingerprint density at radius 2 is 1.29 bits per heavy atom. The number of nitrogens with zero attached hydrogens (tertiary/aromatic N) is 1. The lowest BCUT2D eigenvalue weighted by Gasteiger charge is -2.27. The molecule has 0 atom stereocenters. The van der Waals surface area contributed by atoms with Crippen LogP contribution in [0.5, 0.6) is 0 Å². The van der Waals surface area contributed by atoms with E-state index in [1.807, 2.05) is 0 Å². The summed E-state index contributed by atoms with van der Waals surface area (Å²) in [7, 11) is 0.783. The molecule has 0 radical (unpaired) electrons. The molecule has 0 aliphatic carbocycles. The fourth-order valence-electron chi connectivity index (χ4n) is 1.30. The number of alkyl halides is 6. The number of rotatable bonds is 4. The molecule has 0 fully saturated rings. The molecule has 2 nitrogen and oxygen atoms in total. The van der Waals surface area contributed by atoms with E-state index in [0.29, 0.717) is 0 Å². The van der Waals surface area contributed by atoms with Crippen LogP contribution in [0.2, 0.25) is 0 Å². The van der Waals surface area contributed by atoms with E-state index in [9.17, 15) is 26.3 Å². The summed E-state index contributed by atoms with van der Waals surface area (Å²) in [6.45, 7) is 2.84. The van der Waals surface area contributed by atoms with Crippen LogP contribution >= 0.6 is 0 Å². The van der Waals surface area contributed by atoms with E-state index in [-0.39, 0.29) is 13.1 Å². The zero-order valence-corrected chi connectivity index (χ0v) is 9.54. The zero-order valence-electron chi connectivity index (χ0n) is 9.54. The highest BCUT2D eigenvalue weighted by atomic mass is 19.4. The summed E-state index contributed by atoms with van der Waals surface area (Å²) >= 11 is 0. The Morgan fingerprint density at radius 3 is 1.47 bits per heavy atom. The molecule has 0 aromatic carbocycles. The Labute approximate surface area is 94.8 Å². The summed E-state index contributed by atoms with van der Waals surface area (Å²) in [5, 5.41) is 0. The molecule has 17 heavy (non-hydrogen) atoms. The first-order valence-corrected chi connectivity index (χ1v) is 4.77. The van der Waals surface area contributed by atoms with Crippen molar-refractivity contribution < 1.29 is 31.1 Å². The third-order valence-corrected chi connectivity index (χ3v) is 2.02. The molecule has 0 aliphatic rings. The van der Waals surface area contributed by atoms with Gasteiger partial charge in [-0.3, -0.25) is 0 Å². The van der Waals surface area contributed by atoms with Gasteiger partial charge in [-0.05, 0) is 13.8 Å². The molecule has 0 aliphatic heterocycles. The Kier molecular flexibility index (Phi) is 5.15. The van der Waals surface area contributed by atoms with Gasteiger partial charge in [-0.1, -0.05) is 0 Å². The van der Waals surface area contributed by atoms with Gasteiger partial charge in [-0.25, -0.2) is 0 Å². The minimum Gasteiger partial charge on any atom is -0.482 e. The number of ether oxygens (including phenoxy) is 1. The molecule has 0 rings (SSSR count). The van der Waals surface area contributed by atoms with Gasteiger partial charge in [-0.2, -0.15) is 26.3 Å². The summed E-state index contributed by atoms with van der Waals surface area (Å²) in [6, 6.07) is 0. The van der Waals surface area contributed by atoms with Crippen LogP contribution in [0.3, 0.4) is 0 Å². The monoisotopic (exact) mass is 265 g/mol. The van der Waals surface area contributed by atoms with Gasteiger partial charge >= 0.3 is 12.4 Å².